The third-order valence-electron chi connectivity index (χ3n) is 2.46. The highest BCUT2D eigenvalue weighted by atomic mass is 15.3. The molecule has 0 aliphatic heterocycles. The number of terminal acetylenes is 1. The van der Waals surface area contributed by atoms with E-state index in [-0.39, 0.29) is 0 Å². The van der Waals surface area contributed by atoms with Crippen molar-refractivity contribution in [3.63, 3.8) is 0 Å². The van der Waals surface area contributed by atoms with Gasteiger partial charge in [0.05, 0.1) is 5.69 Å². The van der Waals surface area contributed by atoms with E-state index in [2.05, 4.69) is 16.0 Å². The van der Waals surface area contributed by atoms with E-state index in [0.717, 1.165) is 23.2 Å². The van der Waals surface area contributed by atoms with E-state index in [9.17, 15) is 0 Å². The first-order chi connectivity index (χ1) is 8.35. The third-order valence-corrected chi connectivity index (χ3v) is 2.46. The summed E-state index contributed by atoms with van der Waals surface area (Å²) < 4.78 is 1.76. The average molecular weight is 226 g/mol. The topological polar surface area (TPSA) is 56.7 Å². The summed E-state index contributed by atoms with van der Waals surface area (Å²) >= 11 is 0. The van der Waals surface area contributed by atoms with Crippen molar-refractivity contribution in [2.24, 2.45) is 5.73 Å². The summed E-state index contributed by atoms with van der Waals surface area (Å²) in [7, 11) is 0. The first-order valence-corrected chi connectivity index (χ1v) is 5.45. The van der Waals surface area contributed by atoms with Gasteiger partial charge in [0.2, 0.25) is 0 Å². The zero-order valence-corrected chi connectivity index (χ0v) is 9.50. The van der Waals surface area contributed by atoms with Crippen LogP contribution in [0.3, 0.4) is 0 Å². The van der Waals surface area contributed by atoms with E-state index in [4.69, 9.17) is 12.2 Å². The zero-order chi connectivity index (χ0) is 12.1. The number of hydrogen-bond donors (Lipinski definition) is 1. The summed E-state index contributed by atoms with van der Waals surface area (Å²) in [4.78, 5) is 4.00. The van der Waals surface area contributed by atoms with E-state index in [0.29, 0.717) is 13.1 Å². The van der Waals surface area contributed by atoms with Crippen molar-refractivity contribution in [2.45, 2.75) is 13.0 Å². The van der Waals surface area contributed by atoms with Crippen LogP contribution < -0.4 is 5.73 Å². The van der Waals surface area contributed by atoms with Crippen molar-refractivity contribution >= 4 is 0 Å². The molecule has 0 saturated carbocycles. The molecule has 2 aromatic rings. The van der Waals surface area contributed by atoms with Gasteiger partial charge in [-0.05, 0) is 30.7 Å². The van der Waals surface area contributed by atoms with Crippen LogP contribution in [0.4, 0.5) is 0 Å². The minimum atomic E-state index is 0.475. The van der Waals surface area contributed by atoms with Crippen LogP contribution in [0, 0.1) is 12.3 Å². The van der Waals surface area contributed by atoms with E-state index >= 15 is 0 Å². The zero-order valence-electron chi connectivity index (χ0n) is 9.50. The Kier molecular flexibility index (Phi) is 3.53. The molecule has 2 heterocycles. The quantitative estimate of drug-likeness (QED) is 0.794. The maximum absolute atomic E-state index is 5.60. The number of hydrogen-bond acceptors (Lipinski definition) is 3. The molecular formula is C13H14N4. The van der Waals surface area contributed by atoms with Gasteiger partial charge in [-0.3, -0.25) is 9.67 Å². The lowest BCUT2D eigenvalue weighted by Crippen LogP contribution is -2.02. The van der Waals surface area contributed by atoms with Crippen LogP contribution in [0.2, 0.25) is 0 Å². The molecule has 0 bridgehead atoms. The summed E-state index contributed by atoms with van der Waals surface area (Å²) in [5.41, 5.74) is 8.70. The van der Waals surface area contributed by atoms with Gasteiger partial charge in [0.25, 0.3) is 0 Å². The number of aromatic nitrogens is 3. The molecule has 0 aliphatic rings. The number of pyridine rings is 1. The molecule has 0 unspecified atom stereocenters. The van der Waals surface area contributed by atoms with Crippen molar-refractivity contribution in [3.05, 3.63) is 36.3 Å². The Bertz CT molecular complexity index is 522. The molecule has 17 heavy (non-hydrogen) atoms. The highest BCUT2D eigenvalue weighted by Crippen LogP contribution is 2.21. The first-order valence-electron chi connectivity index (χ1n) is 5.45. The molecule has 0 radical (unpaired) electrons. The second kappa shape index (κ2) is 5.28. The molecule has 0 saturated heterocycles. The van der Waals surface area contributed by atoms with Gasteiger partial charge < -0.3 is 5.73 Å². The summed E-state index contributed by atoms with van der Waals surface area (Å²) in [5, 5.41) is 4.48. The van der Waals surface area contributed by atoms with Crippen molar-refractivity contribution in [2.75, 3.05) is 6.54 Å². The highest BCUT2D eigenvalue weighted by Gasteiger charge is 2.09. The number of rotatable bonds is 4. The van der Waals surface area contributed by atoms with Gasteiger partial charge in [-0.1, -0.05) is 5.92 Å². The lowest BCUT2D eigenvalue weighted by Gasteiger charge is -1.99. The number of nitrogens with two attached hydrogens (primary N) is 1. The van der Waals surface area contributed by atoms with Gasteiger partial charge in [0.15, 0.2) is 0 Å². The van der Waals surface area contributed by atoms with E-state index < -0.39 is 0 Å². The fraction of sp³-hybridized carbons (Fsp3) is 0.231. The highest BCUT2D eigenvalue weighted by molar-refractivity contribution is 5.62. The fourth-order valence-electron chi connectivity index (χ4n) is 1.73. The van der Waals surface area contributed by atoms with Crippen molar-refractivity contribution in [3.8, 4) is 23.6 Å². The Morgan fingerprint density at radius 1 is 1.35 bits per heavy atom. The molecule has 0 aliphatic carbocycles. The first kappa shape index (κ1) is 11.4. The molecule has 0 spiro atoms. The van der Waals surface area contributed by atoms with Crippen LogP contribution in [0.15, 0.2) is 30.7 Å². The summed E-state index contributed by atoms with van der Waals surface area (Å²) in [5.74, 6) is 2.57. The molecule has 0 fully saturated rings. The van der Waals surface area contributed by atoms with Crippen molar-refractivity contribution in [1.82, 2.24) is 14.8 Å². The molecule has 0 amide bonds. The molecular weight excluding hydrogens is 212 g/mol. The lowest BCUT2D eigenvalue weighted by molar-refractivity contribution is 0.717. The Hall–Kier alpha value is -2.12. The predicted octanol–water partition coefficient (Wildman–Crippen LogP) is 1.08. The lowest BCUT2D eigenvalue weighted by atomic mass is 10.1. The van der Waals surface area contributed by atoms with Crippen molar-refractivity contribution < 1.29 is 0 Å². The smallest absolute Gasteiger partial charge is 0.101 e. The van der Waals surface area contributed by atoms with Gasteiger partial charge in [0, 0.05) is 24.2 Å². The minimum absolute atomic E-state index is 0.475. The normalized spacial score (nSPS) is 10.1. The van der Waals surface area contributed by atoms with Crippen LogP contribution in [-0.2, 0) is 13.0 Å². The maximum atomic E-state index is 5.60. The second-order valence-corrected chi connectivity index (χ2v) is 3.68. The average Bonchev–Trinajstić information content (AvgIpc) is 2.74. The molecule has 2 N–H and O–H groups in total. The van der Waals surface area contributed by atoms with Crippen LogP contribution >= 0.6 is 0 Å². The molecule has 2 rings (SSSR count). The largest absolute Gasteiger partial charge is 0.330 e. The van der Waals surface area contributed by atoms with Crippen molar-refractivity contribution in [1.29, 1.82) is 0 Å². The Morgan fingerprint density at radius 3 is 2.76 bits per heavy atom. The minimum Gasteiger partial charge on any atom is -0.330 e. The van der Waals surface area contributed by atoms with Crippen LogP contribution in [-0.4, -0.2) is 21.3 Å². The number of nitrogens with zero attached hydrogens (tertiary/aromatic N) is 3. The monoisotopic (exact) mass is 226 g/mol. The maximum Gasteiger partial charge on any atom is 0.101 e. The molecule has 0 aromatic carbocycles. The van der Waals surface area contributed by atoms with E-state index in [1.165, 1.54) is 0 Å². The standard InChI is InChI=1S/C13H14N4/c1-2-9-17-10-12(3-6-14)13(16-17)11-4-7-15-8-5-11/h1,4-5,7-8,10H,3,6,9,14H2. The summed E-state index contributed by atoms with van der Waals surface area (Å²) in [6.07, 6.45) is 11.5. The van der Waals surface area contributed by atoms with Crippen LogP contribution in [0.5, 0.6) is 0 Å². The van der Waals surface area contributed by atoms with Gasteiger partial charge in [-0.2, -0.15) is 5.10 Å². The molecule has 4 nitrogen and oxygen atoms in total. The Morgan fingerprint density at radius 2 is 2.12 bits per heavy atom. The van der Waals surface area contributed by atoms with E-state index in [1.54, 1.807) is 17.1 Å². The van der Waals surface area contributed by atoms with Gasteiger partial charge in [0.1, 0.15) is 6.54 Å². The Labute approximate surface area is 100 Å². The van der Waals surface area contributed by atoms with Gasteiger partial charge >= 0.3 is 0 Å². The fourth-order valence-corrected chi connectivity index (χ4v) is 1.73. The Balaban J connectivity index is 2.41. The SMILES string of the molecule is C#CCn1cc(CCN)c(-c2ccncc2)n1. The second-order valence-electron chi connectivity index (χ2n) is 3.68. The van der Waals surface area contributed by atoms with Gasteiger partial charge in [-0.15, -0.1) is 6.42 Å². The third kappa shape index (κ3) is 2.52. The molecule has 86 valence electrons. The molecule has 0 atom stereocenters. The molecule has 2 aromatic heterocycles. The van der Waals surface area contributed by atoms with Crippen LogP contribution in [0.1, 0.15) is 5.56 Å². The molecule has 4 heteroatoms. The predicted molar refractivity (Wildman–Crippen MR) is 67.0 cm³/mol. The summed E-state index contributed by atoms with van der Waals surface area (Å²) in [6.45, 7) is 1.07. The van der Waals surface area contributed by atoms with Crippen LogP contribution in [0.25, 0.3) is 11.3 Å². The summed E-state index contributed by atoms with van der Waals surface area (Å²) in [6, 6.07) is 3.87. The van der Waals surface area contributed by atoms with Gasteiger partial charge in [-0.25, -0.2) is 0 Å². The van der Waals surface area contributed by atoms with E-state index in [1.807, 2.05) is 18.3 Å².